The van der Waals surface area contributed by atoms with Crippen LogP contribution in [0.4, 0.5) is 0 Å². The summed E-state index contributed by atoms with van der Waals surface area (Å²) in [4.78, 5) is 0. The summed E-state index contributed by atoms with van der Waals surface area (Å²) in [6.45, 7) is 3.96. The fraction of sp³-hybridized carbons (Fsp3) is 0.429. The van der Waals surface area contributed by atoms with Crippen LogP contribution < -0.4 is 15.4 Å². The first-order valence-corrected chi connectivity index (χ1v) is 9.10. The SMILES string of the molecule is c1ccc(COc2cccc(CCNC3CCCNCC3)c2)cc1. The van der Waals surface area contributed by atoms with E-state index in [1.54, 1.807) is 0 Å². The molecule has 1 aliphatic rings. The van der Waals surface area contributed by atoms with Crippen molar-refractivity contribution in [2.45, 2.75) is 38.3 Å². The molecule has 0 aliphatic carbocycles. The lowest BCUT2D eigenvalue weighted by atomic mass is 10.1. The third kappa shape index (κ3) is 5.66. The van der Waals surface area contributed by atoms with Gasteiger partial charge in [0.2, 0.25) is 0 Å². The van der Waals surface area contributed by atoms with Gasteiger partial charge in [0.25, 0.3) is 0 Å². The van der Waals surface area contributed by atoms with Crippen LogP contribution in [0.1, 0.15) is 30.4 Å². The summed E-state index contributed by atoms with van der Waals surface area (Å²) in [7, 11) is 0. The number of rotatable bonds is 7. The van der Waals surface area contributed by atoms with E-state index in [1.165, 1.54) is 36.9 Å². The molecule has 128 valence electrons. The monoisotopic (exact) mass is 324 g/mol. The quantitative estimate of drug-likeness (QED) is 0.817. The van der Waals surface area contributed by atoms with Crippen molar-refractivity contribution >= 4 is 0 Å². The van der Waals surface area contributed by atoms with Crippen LogP contribution in [0.2, 0.25) is 0 Å². The summed E-state index contributed by atoms with van der Waals surface area (Å²) < 4.78 is 5.92. The molecule has 1 heterocycles. The highest BCUT2D eigenvalue weighted by atomic mass is 16.5. The van der Waals surface area contributed by atoms with E-state index in [1.807, 2.05) is 24.3 Å². The predicted octanol–water partition coefficient (Wildman–Crippen LogP) is 3.54. The lowest BCUT2D eigenvalue weighted by Crippen LogP contribution is -2.31. The average Bonchev–Trinajstić information content (AvgIpc) is 2.90. The molecule has 0 saturated carbocycles. The van der Waals surface area contributed by atoms with Crippen molar-refractivity contribution in [3.63, 3.8) is 0 Å². The summed E-state index contributed by atoms with van der Waals surface area (Å²) in [5, 5.41) is 7.17. The van der Waals surface area contributed by atoms with Crippen LogP contribution in [-0.2, 0) is 13.0 Å². The Hall–Kier alpha value is -1.84. The summed E-state index contributed by atoms with van der Waals surface area (Å²) in [5.74, 6) is 0.954. The molecule has 2 N–H and O–H groups in total. The highest BCUT2D eigenvalue weighted by Crippen LogP contribution is 2.16. The van der Waals surface area contributed by atoms with Crippen LogP contribution >= 0.6 is 0 Å². The Morgan fingerprint density at radius 3 is 2.75 bits per heavy atom. The maximum absolute atomic E-state index is 5.92. The number of benzene rings is 2. The van der Waals surface area contributed by atoms with Gasteiger partial charge in [0, 0.05) is 6.04 Å². The van der Waals surface area contributed by atoms with Gasteiger partial charge >= 0.3 is 0 Å². The van der Waals surface area contributed by atoms with E-state index in [4.69, 9.17) is 4.74 Å². The maximum Gasteiger partial charge on any atom is 0.120 e. The van der Waals surface area contributed by atoms with Crippen molar-refractivity contribution in [2.75, 3.05) is 19.6 Å². The van der Waals surface area contributed by atoms with Gasteiger partial charge in [-0.2, -0.15) is 0 Å². The van der Waals surface area contributed by atoms with Crippen molar-refractivity contribution in [3.05, 3.63) is 65.7 Å². The Morgan fingerprint density at radius 1 is 0.958 bits per heavy atom. The molecule has 1 fully saturated rings. The topological polar surface area (TPSA) is 33.3 Å². The van der Waals surface area contributed by atoms with Gasteiger partial charge in [-0.25, -0.2) is 0 Å². The van der Waals surface area contributed by atoms with Gasteiger partial charge in [0.1, 0.15) is 12.4 Å². The Labute approximate surface area is 145 Å². The first kappa shape index (κ1) is 17.0. The molecular weight excluding hydrogens is 296 g/mol. The number of hydrogen-bond donors (Lipinski definition) is 2. The van der Waals surface area contributed by atoms with Crippen molar-refractivity contribution in [1.82, 2.24) is 10.6 Å². The molecule has 0 spiro atoms. The van der Waals surface area contributed by atoms with Gasteiger partial charge in [-0.3, -0.25) is 0 Å². The highest BCUT2D eigenvalue weighted by Gasteiger charge is 2.10. The molecule has 2 aromatic carbocycles. The first-order valence-electron chi connectivity index (χ1n) is 9.10. The van der Waals surface area contributed by atoms with E-state index in [2.05, 4.69) is 41.0 Å². The van der Waals surface area contributed by atoms with Gasteiger partial charge in [-0.1, -0.05) is 42.5 Å². The number of nitrogens with one attached hydrogen (secondary N) is 2. The maximum atomic E-state index is 5.92. The van der Waals surface area contributed by atoms with Gasteiger partial charge in [-0.15, -0.1) is 0 Å². The molecule has 3 rings (SSSR count). The van der Waals surface area contributed by atoms with E-state index in [0.717, 1.165) is 25.3 Å². The highest BCUT2D eigenvalue weighted by molar-refractivity contribution is 5.29. The molecule has 1 unspecified atom stereocenters. The third-order valence-electron chi connectivity index (χ3n) is 4.57. The minimum Gasteiger partial charge on any atom is -0.489 e. The van der Waals surface area contributed by atoms with E-state index < -0.39 is 0 Å². The molecule has 0 amide bonds. The molecule has 2 aromatic rings. The van der Waals surface area contributed by atoms with E-state index in [0.29, 0.717) is 12.6 Å². The molecule has 0 radical (unpaired) electrons. The van der Waals surface area contributed by atoms with Crippen molar-refractivity contribution < 1.29 is 4.74 Å². The first-order chi connectivity index (χ1) is 11.9. The summed E-state index contributed by atoms with van der Waals surface area (Å²) in [6.07, 6.45) is 4.85. The van der Waals surface area contributed by atoms with Gasteiger partial charge in [0.15, 0.2) is 0 Å². The third-order valence-corrected chi connectivity index (χ3v) is 4.57. The second-order valence-corrected chi connectivity index (χ2v) is 6.50. The minimum atomic E-state index is 0.623. The molecule has 1 saturated heterocycles. The normalized spacial score (nSPS) is 18.1. The molecule has 0 aromatic heterocycles. The Kier molecular flexibility index (Phi) is 6.70. The van der Waals surface area contributed by atoms with Crippen molar-refractivity contribution in [1.29, 1.82) is 0 Å². The van der Waals surface area contributed by atoms with Crippen LogP contribution in [-0.4, -0.2) is 25.7 Å². The minimum absolute atomic E-state index is 0.623. The lowest BCUT2D eigenvalue weighted by molar-refractivity contribution is 0.306. The van der Waals surface area contributed by atoms with E-state index >= 15 is 0 Å². The zero-order valence-corrected chi connectivity index (χ0v) is 14.3. The van der Waals surface area contributed by atoms with E-state index in [-0.39, 0.29) is 0 Å². The Balaban J connectivity index is 1.44. The predicted molar refractivity (Wildman–Crippen MR) is 99.4 cm³/mol. The molecule has 0 bridgehead atoms. The second-order valence-electron chi connectivity index (χ2n) is 6.50. The summed E-state index contributed by atoms with van der Waals surface area (Å²) in [5.41, 5.74) is 2.53. The fourth-order valence-electron chi connectivity index (χ4n) is 3.18. The largest absolute Gasteiger partial charge is 0.489 e. The van der Waals surface area contributed by atoms with Crippen LogP contribution in [0, 0.1) is 0 Å². The van der Waals surface area contributed by atoms with Crippen LogP contribution in [0.25, 0.3) is 0 Å². The van der Waals surface area contributed by atoms with Crippen LogP contribution in [0.3, 0.4) is 0 Å². The van der Waals surface area contributed by atoms with Crippen molar-refractivity contribution in [2.24, 2.45) is 0 Å². The number of hydrogen-bond acceptors (Lipinski definition) is 3. The van der Waals surface area contributed by atoms with Crippen LogP contribution in [0.5, 0.6) is 5.75 Å². The van der Waals surface area contributed by atoms with E-state index in [9.17, 15) is 0 Å². The van der Waals surface area contributed by atoms with Gasteiger partial charge < -0.3 is 15.4 Å². The molecule has 3 nitrogen and oxygen atoms in total. The zero-order valence-electron chi connectivity index (χ0n) is 14.3. The summed E-state index contributed by atoms with van der Waals surface area (Å²) in [6, 6.07) is 19.4. The smallest absolute Gasteiger partial charge is 0.120 e. The second kappa shape index (κ2) is 9.45. The van der Waals surface area contributed by atoms with Crippen molar-refractivity contribution in [3.8, 4) is 5.75 Å². The number of ether oxygens (including phenoxy) is 1. The Morgan fingerprint density at radius 2 is 1.83 bits per heavy atom. The van der Waals surface area contributed by atoms with Crippen LogP contribution in [0.15, 0.2) is 54.6 Å². The van der Waals surface area contributed by atoms with Gasteiger partial charge in [-0.05, 0) is 68.6 Å². The lowest BCUT2D eigenvalue weighted by Gasteiger charge is -2.16. The zero-order chi connectivity index (χ0) is 16.5. The Bertz CT molecular complexity index is 592. The summed E-state index contributed by atoms with van der Waals surface area (Å²) >= 11 is 0. The standard InChI is InChI=1S/C21H28N2O/c1-2-6-19(7-3-1)17-24-21-10-4-8-18(16-21)11-15-23-20-9-5-13-22-14-12-20/h1-4,6-8,10,16,20,22-23H,5,9,11-15,17H2. The molecular formula is C21H28N2O. The molecule has 1 atom stereocenters. The average molecular weight is 324 g/mol. The molecule has 24 heavy (non-hydrogen) atoms. The molecule has 3 heteroatoms. The fourth-order valence-corrected chi connectivity index (χ4v) is 3.18. The molecule has 1 aliphatic heterocycles. The van der Waals surface area contributed by atoms with Gasteiger partial charge in [0.05, 0.1) is 0 Å².